The Morgan fingerprint density at radius 1 is 1.42 bits per heavy atom. The van der Waals surface area contributed by atoms with Gasteiger partial charge in [-0.25, -0.2) is 4.98 Å². The predicted molar refractivity (Wildman–Crippen MR) is 78.1 cm³/mol. The number of hydrogen-bond donors (Lipinski definition) is 1. The average molecular weight is 329 g/mol. The molecule has 1 saturated heterocycles. The molecule has 1 aliphatic heterocycles. The van der Waals surface area contributed by atoms with Crippen LogP contribution in [0.5, 0.6) is 0 Å². The molecule has 0 spiro atoms. The molecule has 106 valence electrons. The Morgan fingerprint density at radius 3 is 2.84 bits per heavy atom. The number of hydrogen-bond acceptors (Lipinski definition) is 4. The normalized spacial score (nSPS) is 20.2. The van der Waals surface area contributed by atoms with E-state index in [1.54, 1.807) is 0 Å². The fraction of sp³-hybridized carbons (Fsp3) is 0.643. The molecule has 0 bridgehead atoms. The van der Waals surface area contributed by atoms with Crippen LogP contribution >= 0.6 is 15.9 Å². The molecule has 2 heterocycles. The molecule has 1 aromatic heterocycles. The van der Waals surface area contributed by atoms with Gasteiger partial charge in [-0.2, -0.15) is 0 Å². The van der Waals surface area contributed by atoms with E-state index < -0.39 is 0 Å². The fourth-order valence-corrected chi connectivity index (χ4v) is 2.67. The Labute approximate surface area is 122 Å². The van der Waals surface area contributed by atoms with Crippen molar-refractivity contribution in [1.82, 2.24) is 9.88 Å². The topological polar surface area (TPSA) is 45.6 Å². The molecule has 19 heavy (non-hydrogen) atoms. The smallest absolute Gasteiger partial charge is 0.106 e. The summed E-state index contributed by atoms with van der Waals surface area (Å²) in [7, 11) is 0. The number of ether oxygens (including phenoxy) is 1. The van der Waals surface area contributed by atoms with Crippen LogP contribution in [0.2, 0.25) is 0 Å². The van der Waals surface area contributed by atoms with Gasteiger partial charge in [0.15, 0.2) is 0 Å². The van der Waals surface area contributed by atoms with Gasteiger partial charge in [0, 0.05) is 31.7 Å². The second-order valence-electron chi connectivity index (χ2n) is 5.11. The number of aliphatic hydroxyl groups excluding tert-OH is 1. The maximum Gasteiger partial charge on any atom is 0.106 e. The number of aliphatic hydroxyl groups is 1. The lowest BCUT2D eigenvalue weighted by atomic mass is 9.99. The third-order valence-corrected chi connectivity index (χ3v) is 3.94. The van der Waals surface area contributed by atoms with Gasteiger partial charge in [-0.05, 0) is 34.0 Å². The fourth-order valence-electron chi connectivity index (χ4n) is 2.29. The highest BCUT2D eigenvalue weighted by atomic mass is 79.9. The molecule has 2 atom stereocenters. The number of pyridine rings is 1. The number of nitrogens with zero attached hydrogens (tertiary/aromatic N) is 2. The first kappa shape index (κ1) is 14.9. The van der Waals surface area contributed by atoms with E-state index in [1.807, 2.05) is 18.2 Å². The van der Waals surface area contributed by atoms with Crippen LogP contribution in [0.25, 0.3) is 0 Å². The third-order valence-electron chi connectivity index (χ3n) is 3.50. The molecular weight excluding hydrogens is 308 g/mol. The summed E-state index contributed by atoms with van der Waals surface area (Å²) in [6.07, 6.45) is 0.245. The van der Waals surface area contributed by atoms with Crippen LogP contribution in [0, 0.1) is 5.92 Å². The van der Waals surface area contributed by atoms with Crippen LogP contribution in [0.4, 0.5) is 0 Å². The summed E-state index contributed by atoms with van der Waals surface area (Å²) in [5.41, 5.74) is 0.927. The second-order valence-corrected chi connectivity index (χ2v) is 5.93. The highest BCUT2D eigenvalue weighted by Gasteiger charge is 2.20. The zero-order valence-electron chi connectivity index (χ0n) is 11.3. The van der Waals surface area contributed by atoms with Gasteiger partial charge in [0.05, 0.1) is 19.3 Å². The Bertz CT molecular complexity index is 397. The van der Waals surface area contributed by atoms with Crippen molar-refractivity contribution in [2.75, 3.05) is 32.8 Å². The molecule has 4 nitrogen and oxygen atoms in total. The van der Waals surface area contributed by atoms with Crippen molar-refractivity contribution in [2.24, 2.45) is 5.92 Å². The molecule has 5 heteroatoms. The van der Waals surface area contributed by atoms with E-state index in [-0.39, 0.29) is 12.0 Å². The minimum Gasteiger partial charge on any atom is -0.392 e. The van der Waals surface area contributed by atoms with E-state index in [2.05, 4.69) is 32.7 Å². The van der Waals surface area contributed by atoms with Crippen LogP contribution in [-0.2, 0) is 11.2 Å². The van der Waals surface area contributed by atoms with Gasteiger partial charge in [0.25, 0.3) is 0 Å². The summed E-state index contributed by atoms with van der Waals surface area (Å²) in [6, 6.07) is 5.80. The van der Waals surface area contributed by atoms with E-state index >= 15 is 0 Å². The zero-order valence-corrected chi connectivity index (χ0v) is 12.8. The first-order valence-corrected chi connectivity index (χ1v) is 7.54. The summed E-state index contributed by atoms with van der Waals surface area (Å²) in [6.45, 7) is 6.54. The second kappa shape index (κ2) is 7.33. The molecule has 2 unspecified atom stereocenters. The van der Waals surface area contributed by atoms with E-state index in [9.17, 15) is 5.11 Å². The predicted octanol–water partition coefficient (Wildman–Crippen LogP) is 1.72. The van der Waals surface area contributed by atoms with Crippen LogP contribution in [0.3, 0.4) is 0 Å². The maximum absolute atomic E-state index is 10.3. The Morgan fingerprint density at radius 2 is 2.16 bits per heavy atom. The third kappa shape index (κ3) is 4.84. The van der Waals surface area contributed by atoms with Crippen LogP contribution in [0.1, 0.15) is 12.6 Å². The molecule has 1 aromatic rings. The minimum atomic E-state index is -0.357. The molecule has 1 fully saturated rings. The van der Waals surface area contributed by atoms with Gasteiger partial charge in [-0.15, -0.1) is 0 Å². The standard InChI is InChI=1S/C14H21BrN2O2/c1-11(10-17-5-7-19-8-6-17)13(18)9-12-3-2-4-14(15)16-12/h2-4,11,13,18H,5-10H2,1H3. The summed E-state index contributed by atoms with van der Waals surface area (Å²) in [5, 5.41) is 10.3. The molecule has 1 N–H and O–H groups in total. The van der Waals surface area contributed by atoms with E-state index in [4.69, 9.17) is 4.74 Å². The first-order valence-electron chi connectivity index (χ1n) is 6.75. The van der Waals surface area contributed by atoms with E-state index in [0.717, 1.165) is 43.1 Å². The highest BCUT2D eigenvalue weighted by molar-refractivity contribution is 9.10. The number of morpholine rings is 1. The van der Waals surface area contributed by atoms with Crippen molar-refractivity contribution >= 4 is 15.9 Å². The minimum absolute atomic E-state index is 0.235. The lowest BCUT2D eigenvalue weighted by Crippen LogP contribution is -2.41. The highest BCUT2D eigenvalue weighted by Crippen LogP contribution is 2.14. The van der Waals surface area contributed by atoms with Crippen molar-refractivity contribution < 1.29 is 9.84 Å². The summed E-state index contributed by atoms with van der Waals surface area (Å²) < 4.78 is 6.15. The number of aromatic nitrogens is 1. The first-order chi connectivity index (χ1) is 9.15. The maximum atomic E-state index is 10.3. The van der Waals surface area contributed by atoms with Crippen molar-refractivity contribution in [3.8, 4) is 0 Å². The van der Waals surface area contributed by atoms with Gasteiger partial charge in [0.1, 0.15) is 4.60 Å². The molecule has 0 amide bonds. The molecule has 2 rings (SSSR count). The largest absolute Gasteiger partial charge is 0.392 e. The number of halogens is 1. The summed E-state index contributed by atoms with van der Waals surface area (Å²) in [4.78, 5) is 6.72. The van der Waals surface area contributed by atoms with Crippen molar-refractivity contribution in [1.29, 1.82) is 0 Å². The van der Waals surface area contributed by atoms with E-state index in [1.165, 1.54) is 0 Å². The molecular formula is C14H21BrN2O2. The monoisotopic (exact) mass is 328 g/mol. The molecule has 1 aliphatic rings. The van der Waals surface area contributed by atoms with Gasteiger partial charge in [-0.3, -0.25) is 4.90 Å². The Hall–Kier alpha value is -0.490. The molecule has 0 saturated carbocycles. The lowest BCUT2D eigenvalue weighted by molar-refractivity contribution is 0.0154. The Balaban J connectivity index is 1.82. The summed E-state index contributed by atoms with van der Waals surface area (Å²) in [5.74, 6) is 0.235. The molecule has 0 aliphatic carbocycles. The molecule has 0 radical (unpaired) electrons. The Kier molecular flexibility index (Phi) is 5.76. The van der Waals surface area contributed by atoms with Gasteiger partial charge in [-0.1, -0.05) is 13.0 Å². The van der Waals surface area contributed by atoms with Crippen molar-refractivity contribution in [3.63, 3.8) is 0 Å². The van der Waals surface area contributed by atoms with Crippen LogP contribution in [0.15, 0.2) is 22.8 Å². The molecule has 0 aromatic carbocycles. The lowest BCUT2D eigenvalue weighted by Gasteiger charge is -2.30. The number of rotatable bonds is 5. The van der Waals surface area contributed by atoms with Gasteiger partial charge < -0.3 is 9.84 Å². The van der Waals surface area contributed by atoms with Gasteiger partial charge >= 0.3 is 0 Å². The quantitative estimate of drug-likeness (QED) is 0.836. The van der Waals surface area contributed by atoms with Crippen LogP contribution < -0.4 is 0 Å². The van der Waals surface area contributed by atoms with Gasteiger partial charge in [0.2, 0.25) is 0 Å². The van der Waals surface area contributed by atoms with Crippen molar-refractivity contribution in [3.05, 3.63) is 28.5 Å². The SMILES string of the molecule is CC(CN1CCOCC1)C(O)Cc1cccc(Br)n1. The average Bonchev–Trinajstić information content (AvgIpc) is 2.40. The van der Waals surface area contributed by atoms with E-state index in [0.29, 0.717) is 6.42 Å². The zero-order chi connectivity index (χ0) is 13.7. The summed E-state index contributed by atoms with van der Waals surface area (Å²) >= 11 is 3.35. The van der Waals surface area contributed by atoms with Crippen molar-refractivity contribution in [2.45, 2.75) is 19.4 Å². The van der Waals surface area contributed by atoms with Crippen LogP contribution in [-0.4, -0.2) is 53.9 Å².